The minimum atomic E-state index is -0.752. The zero-order chi connectivity index (χ0) is 12.3. The molecule has 1 unspecified atom stereocenters. The summed E-state index contributed by atoms with van der Waals surface area (Å²) >= 11 is 0. The van der Waals surface area contributed by atoms with Crippen LogP contribution in [0.4, 0.5) is 0 Å². The number of aliphatic hydroxyl groups is 1. The molecule has 0 aliphatic heterocycles. The third kappa shape index (κ3) is 2.65. The summed E-state index contributed by atoms with van der Waals surface area (Å²) in [5, 5.41) is 14.1. The zero-order valence-corrected chi connectivity index (χ0v) is 9.85. The molecule has 0 fully saturated rings. The minimum Gasteiger partial charge on any atom is -0.385 e. The summed E-state index contributed by atoms with van der Waals surface area (Å²) in [6.07, 6.45) is 4.32. The lowest BCUT2D eigenvalue weighted by Crippen LogP contribution is -2.13. The molecule has 2 heterocycles. The molecule has 0 saturated carbocycles. The molecule has 90 valence electrons. The van der Waals surface area contributed by atoms with E-state index in [9.17, 15) is 5.11 Å². The highest BCUT2D eigenvalue weighted by molar-refractivity contribution is 4.98. The van der Waals surface area contributed by atoms with Gasteiger partial charge in [0.1, 0.15) is 18.3 Å². The van der Waals surface area contributed by atoms with E-state index < -0.39 is 6.10 Å². The number of rotatable bonds is 4. The molecule has 0 aromatic carbocycles. The van der Waals surface area contributed by atoms with Crippen molar-refractivity contribution in [2.45, 2.75) is 32.4 Å². The van der Waals surface area contributed by atoms with Gasteiger partial charge in [-0.15, -0.1) is 0 Å². The van der Waals surface area contributed by atoms with Gasteiger partial charge in [0, 0.05) is 24.9 Å². The van der Waals surface area contributed by atoms with Crippen LogP contribution in [-0.4, -0.2) is 29.8 Å². The Morgan fingerprint density at radius 2 is 1.94 bits per heavy atom. The molecule has 0 bridgehead atoms. The van der Waals surface area contributed by atoms with Gasteiger partial charge in [0.25, 0.3) is 0 Å². The second kappa shape index (κ2) is 5.01. The van der Waals surface area contributed by atoms with Crippen LogP contribution in [0.2, 0.25) is 0 Å². The Bertz CT molecular complexity index is 468. The van der Waals surface area contributed by atoms with Crippen LogP contribution in [-0.2, 0) is 6.42 Å². The van der Waals surface area contributed by atoms with Gasteiger partial charge in [0.15, 0.2) is 5.82 Å². The van der Waals surface area contributed by atoms with Gasteiger partial charge < -0.3 is 5.11 Å². The first-order valence-corrected chi connectivity index (χ1v) is 5.52. The zero-order valence-electron chi connectivity index (χ0n) is 9.85. The first kappa shape index (κ1) is 11.7. The molecule has 0 aliphatic carbocycles. The lowest BCUT2D eigenvalue weighted by atomic mass is 10.2. The first-order valence-electron chi connectivity index (χ1n) is 5.52. The molecule has 0 radical (unpaired) electrons. The Balaban J connectivity index is 2.13. The molecule has 2 aromatic rings. The van der Waals surface area contributed by atoms with Crippen LogP contribution in [0.15, 0.2) is 24.8 Å². The number of hydrogen-bond acceptors (Lipinski definition) is 5. The summed E-state index contributed by atoms with van der Waals surface area (Å²) in [6, 6.07) is 1.93. The molecule has 1 N–H and O–H groups in total. The van der Waals surface area contributed by atoms with Crippen LogP contribution in [0.25, 0.3) is 0 Å². The van der Waals surface area contributed by atoms with Gasteiger partial charge in [-0.1, -0.05) is 0 Å². The molecule has 2 aromatic heterocycles. The van der Waals surface area contributed by atoms with E-state index in [0.717, 1.165) is 5.82 Å². The van der Waals surface area contributed by atoms with Gasteiger partial charge >= 0.3 is 0 Å². The molecule has 0 saturated heterocycles. The lowest BCUT2D eigenvalue weighted by molar-refractivity contribution is 0.163. The maximum Gasteiger partial charge on any atom is 0.157 e. The number of hydrogen-bond donors (Lipinski definition) is 1. The Hall–Kier alpha value is -1.82. The van der Waals surface area contributed by atoms with E-state index in [1.54, 1.807) is 23.1 Å². The highest BCUT2D eigenvalue weighted by Crippen LogP contribution is 2.14. The summed E-state index contributed by atoms with van der Waals surface area (Å²) in [4.78, 5) is 12.2. The topological polar surface area (TPSA) is 76.7 Å². The average Bonchev–Trinajstić information content (AvgIpc) is 2.78. The van der Waals surface area contributed by atoms with Crippen molar-refractivity contribution in [3.05, 3.63) is 36.4 Å². The van der Waals surface area contributed by atoms with Crippen LogP contribution < -0.4 is 0 Å². The van der Waals surface area contributed by atoms with Crippen molar-refractivity contribution < 1.29 is 5.11 Å². The third-order valence-electron chi connectivity index (χ3n) is 2.40. The van der Waals surface area contributed by atoms with Crippen LogP contribution in [0.1, 0.15) is 37.6 Å². The molecular weight excluding hydrogens is 218 g/mol. The Morgan fingerprint density at radius 1 is 1.24 bits per heavy atom. The summed E-state index contributed by atoms with van der Waals surface area (Å²) in [7, 11) is 0. The van der Waals surface area contributed by atoms with Crippen molar-refractivity contribution in [3.8, 4) is 0 Å². The van der Waals surface area contributed by atoms with E-state index >= 15 is 0 Å². The fourth-order valence-electron chi connectivity index (χ4n) is 1.60. The van der Waals surface area contributed by atoms with E-state index in [2.05, 4.69) is 20.1 Å². The predicted octanol–water partition coefficient (Wildman–Crippen LogP) is 0.925. The van der Waals surface area contributed by atoms with E-state index in [1.165, 1.54) is 6.33 Å². The lowest BCUT2D eigenvalue weighted by Gasteiger charge is -2.12. The van der Waals surface area contributed by atoms with E-state index in [4.69, 9.17) is 0 Å². The van der Waals surface area contributed by atoms with Gasteiger partial charge in [-0.3, -0.25) is 0 Å². The standard InChI is InChI=1S/C11H15N5O/c1-8(2)16-10(14-7-15-16)6-9(17)11-12-4-3-5-13-11/h3-5,7-9,17H,6H2,1-2H3. The smallest absolute Gasteiger partial charge is 0.157 e. The van der Waals surface area contributed by atoms with Crippen molar-refractivity contribution in [2.24, 2.45) is 0 Å². The SMILES string of the molecule is CC(C)n1ncnc1CC(O)c1ncccn1. The monoisotopic (exact) mass is 233 g/mol. The molecule has 17 heavy (non-hydrogen) atoms. The average molecular weight is 233 g/mol. The second-order valence-electron chi connectivity index (χ2n) is 4.04. The van der Waals surface area contributed by atoms with Crippen LogP contribution in [0.3, 0.4) is 0 Å². The maximum absolute atomic E-state index is 9.99. The number of aliphatic hydroxyl groups excluding tert-OH is 1. The normalized spacial score (nSPS) is 12.9. The Labute approximate surface area is 99.4 Å². The van der Waals surface area contributed by atoms with Gasteiger partial charge in [-0.2, -0.15) is 5.10 Å². The minimum absolute atomic E-state index is 0.219. The summed E-state index contributed by atoms with van der Waals surface area (Å²) < 4.78 is 1.78. The first-order chi connectivity index (χ1) is 8.18. The third-order valence-corrected chi connectivity index (χ3v) is 2.40. The molecule has 1 atom stereocenters. The fraction of sp³-hybridized carbons (Fsp3) is 0.455. The predicted molar refractivity (Wildman–Crippen MR) is 61.1 cm³/mol. The largest absolute Gasteiger partial charge is 0.385 e. The number of nitrogens with zero attached hydrogens (tertiary/aromatic N) is 5. The van der Waals surface area contributed by atoms with Crippen LogP contribution >= 0.6 is 0 Å². The quantitative estimate of drug-likeness (QED) is 0.849. The van der Waals surface area contributed by atoms with E-state index in [0.29, 0.717) is 12.2 Å². The maximum atomic E-state index is 9.99. The second-order valence-corrected chi connectivity index (χ2v) is 4.04. The summed E-state index contributed by atoms with van der Waals surface area (Å²) in [5.41, 5.74) is 0. The van der Waals surface area contributed by atoms with E-state index in [-0.39, 0.29) is 6.04 Å². The van der Waals surface area contributed by atoms with Gasteiger partial charge in [-0.25, -0.2) is 19.6 Å². The van der Waals surface area contributed by atoms with Crippen molar-refractivity contribution in [2.75, 3.05) is 0 Å². The fourth-order valence-corrected chi connectivity index (χ4v) is 1.60. The van der Waals surface area contributed by atoms with Crippen LogP contribution in [0.5, 0.6) is 0 Å². The van der Waals surface area contributed by atoms with Crippen molar-refractivity contribution in [3.63, 3.8) is 0 Å². The summed E-state index contributed by atoms with van der Waals surface area (Å²) in [5.74, 6) is 1.14. The van der Waals surface area contributed by atoms with Crippen LogP contribution in [0, 0.1) is 0 Å². The Morgan fingerprint density at radius 3 is 2.59 bits per heavy atom. The molecule has 2 rings (SSSR count). The van der Waals surface area contributed by atoms with Gasteiger partial charge in [0.2, 0.25) is 0 Å². The highest BCUT2D eigenvalue weighted by atomic mass is 16.3. The molecule has 0 spiro atoms. The van der Waals surface area contributed by atoms with Gasteiger partial charge in [0.05, 0.1) is 0 Å². The summed E-state index contributed by atoms with van der Waals surface area (Å²) in [6.45, 7) is 4.03. The molecule has 0 aliphatic rings. The number of aromatic nitrogens is 5. The molecule has 6 heteroatoms. The van der Waals surface area contributed by atoms with Crippen molar-refractivity contribution in [1.29, 1.82) is 0 Å². The van der Waals surface area contributed by atoms with Crippen molar-refractivity contribution in [1.82, 2.24) is 24.7 Å². The molecule has 6 nitrogen and oxygen atoms in total. The van der Waals surface area contributed by atoms with E-state index in [1.807, 2.05) is 13.8 Å². The molecular formula is C11H15N5O. The molecule has 0 amide bonds. The van der Waals surface area contributed by atoms with Gasteiger partial charge in [-0.05, 0) is 19.9 Å². The Kier molecular flexibility index (Phi) is 3.43. The highest BCUT2D eigenvalue weighted by Gasteiger charge is 2.16. The van der Waals surface area contributed by atoms with Crippen molar-refractivity contribution >= 4 is 0 Å².